The fraction of sp³-hybridized carbons (Fsp3) is 0.222. The van der Waals surface area contributed by atoms with Crippen molar-refractivity contribution >= 4 is 20.8 Å². The first-order chi connectivity index (χ1) is 6.63. The molecule has 0 saturated heterocycles. The molecule has 0 bridgehead atoms. The van der Waals surface area contributed by atoms with Gasteiger partial charge in [-0.3, -0.25) is 0 Å². The third-order valence-corrected chi connectivity index (χ3v) is 3.51. The average Bonchev–Trinajstić information content (AvgIpc) is 2.61. The van der Waals surface area contributed by atoms with Gasteiger partial charge in [-0.1, -0.05) is 19.1 Å². The van der Waals surface area contributed by atoms with Gasteiger partial charge in [-0.25, -0.2) is 14.0 Å². The minimum Gasteiger partial charge on any atom is -0.429 e. The number of benzene rings is 1. The van der Waals surface area contributed by atoms with Crippen molar-refractivity contribution in [3.63, 3.8) is 0 Å². The summed E-state index contributed by atoms with van der Waals surface area (Å²) in [7, 11) is -2.84. The summed E-state index contributed by atoms with van der Waals surface area (Å²) in [6.07, 6.45) is 0. The molecule has 0 saturated carbocycles. The van der Waals surface area contributed by atoms with Crippen LogP contribution in [0.1, 0.15) is 6.92 Å². The Bertz CT molecular complexity index is 524. The van der Waals surface area contributed by atoms with Gasteiger partial charge in [0.05, 0.1) is 0 Å². The largest absolute Gasteiger partial charge is 0.429 e. The Hall–Kier alpha value is -1.36. The Labute approximate surface area is 81.9 Å². The molecule has 4 nitrogen and oxygen atoms in total. The van der Waals surface area contributed by atoms with E-state index in [9.17, 15) is 4.21 Å². The van der Waals surface area contributed by atoms with E-state index in [1.807, 2.05) is 12.1 Å². The van der Waals surface area contributed by atoms with Crippen molar-refractivity contribution in [1.82, 2.24) is 4.98 Å². The summed E-state index contributed by atoms with van der Waals surface area (Å²) in [6.45, 7) is 1.68. The van der Waals surface area contributed by atoms with Crippen molar-refractivity contribution in [2.24, 2.45) is 0 Å². The number of oxazole rings is 1. The quantitative estimate of drug-likeness (QED) is 0.826. The number of fused-ring (bicyclic) bond motifs is 1. The van der Waals surface area contributed by atoms with Gasteiger partial charge in [0, 0.05) is 5.75 Å². The van der Waals surface area contributed by atoms with E-state index in [4.69, 9.17) is 9.20 Å². The summed E-state index contributed by atoms with van der Waals surface area (Å²) in [5.41, 5.74) is 1.23. The number of rotatable bonds is 2. The van der Waals surface area contributed by atoms with Crippen molar-refractivity contribution in [2.75, 3.05) is 5.75 Å². The number of nitrogens with zero attached hydrogens (tertiary/aromatic N) is 1. The highest BCUT2D eigenvalue weighted by Gasteiger charge is 2.15. The molecule has 1 aromatic heterocycles. The van der Waals surface area contributed by atoms with E-state index >= 15 is 0 Å². The van der Waals surface area contributed by atoms with E-state index in [-0.39, 0.29) is 11.0 Å². The summed E-state index contributed by atoms with van der Waals surface area (Å²) in [5, 5.41) is 0.0289. The maximum absolute atomic E-state index is 11.6. The molecule has 1 aromatic carbocycles. The van der Waals surface area contributed by atoms with Crippen LogP contribution in [0.2, 0.25) is 0 Å². The molecule has 0 aliphatic heterocycles. The molecular formula is C9H10N2O2S. The van der Waals surface area contributed by atoms with Crippen LogP contribution in [-0.2, 0) is 9.73 Å². The van der Waals surface area contributed by atoms with Crippen molar-refractivity contribution in [3.05, 3.63) is 24.3 Å². The standard InChI is InChI=1S/C9H10N2O2S/c1-2-14(10,12)9-11-7-5-3-4-6-8(7)13-9/h3-6,10H,2H2,1H3/t14-/m1/s1. The highest BCUT2D eigenvalue weighted by Crippen LogP contribution is 2.19. The number of hydrogen-bond donors (Lipinski definition) is 1. The lowest BCUT2D eigenvalue weighted by molar-refractivity contribution is 0.474. The molecule has 0 aliphatic rings. The lowest BCUT2D eigenvalue weighted by Gasteiger charge is -1.95. The van der Waals surface area contributed by atoms with Gasteiger partial charge in [-0.15, -0.1) is 0 Å². The predicted molar refractivity (Wildman–Crippen MR) is 53.7 cm³/mol. The number of para-hydroxylation sites is 2. The van der Waals surface area contributed by atoms with Crippen LogP contribution in [0, 0.1) is 4.78 Å². The smallest absolute Gasteiger partial charge is 0.296 e. The summed E-state index contributed by atoms with van der Waals surface area (Å²) in [4.78, 5) is 4.03. The van der Waals surface area contributed by atoms with Gasteiger partial charge >= 0.3 is 0 Å². The summed E-state index contributed by atoms with van der Waals surface area (Å²) < 4.78 is 24.4. The lowest BCUT2D eigenvalue weighted by Crippen LogP contribution is -2.01. The van der Waals surface area contributed by atoms with Crippen molar-refractivity contribution in [1.29, 1.82) is 4.78 Å². The molecule has 2 aromatic rings. The number of hydrogen-bond acceptors (Lipinski definition) is 4. The molecule has 2 rings (SSSR count). The first-order valence-electron chi connectivity index (χ1n) is 4.25. The molecule has 1 N–H and O–H groups in total. The maximum Gasteiger partial charge on any atom is 0.296 e. The normalized spacial score (nSPS) is 15.5. The van der Waals surface area contributed by atoms with Crippen LogP contribution >= 0.6 is 0 Å². The van der Waals surface area contributed by atoms with Crippen LogP contribution in [0.5, 0.6) is 0 Å². The fourth-order valence-electron chi connectivity index (χ4n) is 1.12. The van der Waals surface area contributed by atoms with Gasteiger partial charge in [-0.2, -0.15) is 0 Å². The summed E-state index contributed by atoms with van der Waals surface area (Å²) in [6, 6.07) is 7.16. The molecule has 0 fully saturated rings. The minimum atomic E-state index is -2.84. The first kappa shape index (κ1) is 9.21. The third kappa shape index (κ3) is 1.39. The Morgan fingerprint density at radius 2 is 2.21 bits per heavy atom. The second kappa shape index (κ2) is 3.09. The average molecular weight is 210 g/mol. The Balaban J connectivity index is 2.67. The van der Waals surface area contributed by atoms with Crippen LogP contribution in [0.15, 0.2) is 33.9 Å². The summed E-state index contributed by atoms with van der Waals surface area (Å²) in [5.74, 6) is 0.222. The van der Waals surface area contributed by atoms with Gasteiger partial charge in [0.2, 0.25) is 0 Å². The van der Waals surface area contributed by atoms with Crippen LogP contribution in [0.25, 0.3) is 11.1 Å². The van der Waals surface area contributed by atoms with Gasteiger partial charge in [-0.05, 0) is 12.1 Å². The van der Waals surface area contributed by atoms with E-state index in [2.05, 4.69) is 4.98 Å². The van der Waals surface area contributed by atoms with Gasteiger partial charge < -0.3 is 4.42 Å². The molecule has 14 heavy (non-hydrogen) atoms. The van der Waals surface area contributed by atoms with Crippen molar-refractivity contribution < 1.29 is 8.63 Å². The zero-order valence-corrected chi connectivity index (χ0v) is 8.50. The number of nitrogens with one attached hydrogen (secondary N) is 1. The van der Waals surface area contributed by atoms with Crippen LogP contribution in [-0.4, -0.2) is 14.9 Å². The predicted octanol–water partition coefficient (Wildman–Crippen LogP) is 2.25. The molecule has 0 unspecified atom stereocenters. The molecule has 74 valence electrons. The Morgan fingerprint density at radius 3 is 2.86 bits per heavy atom. The highest BCUT2D eigenvalue weighted by molar-refractivity contribution is 7.92. The van der Waals surface area contributed by atoms with Gasteiger partial charge in [0.15, 0.2) is 5.58 Å². The molecule has 0 aliphatic carbocycles. The topological polar surface area (TPSA) is 67.0 Å². The van der Waals surface area contributed by atoms with E-state index in [0.29, 0.717) is 11.1 Å². The van der Waals surface area contributed by atoms with Crippen LogP contribution < -0.4 is 0 Å². The first-order valence-corrected chi connectivity index (χ1v) is 5.98. The molecule has 1 atom stereocenters. The number of aromatic nitrogens is 1. The van der Waals surface area contributed by atoms with Crippen LogP contribution in [0.4, 0.5) is 0 Å². The van der Waals surface area contributed by atoms with E-state index in [0.717, 1.165) is 0 Å². The Kier molecular flexibility index (Phi) is 2.03. The zero-order valence-electron chi connectivity index (χ0n) is 7.69. The molecule has 5 heteroatoms. The fourth-order valence-corrected chi connectivity index (χ4v) is 1.83. The van der Waals surface area contributed by atoms with Gasteiger partial charge in [0.25, 0.3) is 5.22 Å². The molecule has 0 amide bonds. The molecule has 1 heterocycles. The molecule has 0 spiro atoms. The van der Waals surface area contributed by atoms with Crippen molar-refractivity contribution in [3.8, 4) is 0 Å². The second-order valence-electron chi connectivity index (χ2n) is 2.91. The maximum atomic E-state index is 11.6. The van der Waals surface area contributed by atoms with E-state index in [1.165, 1.54) is 0 Å². The van der Waals surface area contributed by atoms with Crippen molar-refractivity contribution in [2.45, 2.75) is 12.1 Å². The SMILES string of the molecule is CC[S@@](=N)(=O)c1nc2ccccc2o1. The lowest BCUT2D eigenvalue weighted by atomic mass is 10.3. The van der Waals surface area contributed by atoms with Gasteiger partial charge in [0.1, 0.15) is 15.2 Å². The monoisotopic (exact) mass is 210 g/mol. The van der Waals surface area contributed by atoms with Crippen LogP contribution in [0.3, 0.4) is 0 Å². The second-order valence-corrected chi connectivity index (χ2v) is 5.19. The summed E-state index contributed by atoms with van der Waals surface area (Å²) >= 11 is 0. The van der Waals surface area contributed by atoms with E-state index in [1.54, 1.807) is 19.1 Å². The zero-order chi connectivity index (χ0) is 10.2. The third-order valence-electron chi connectivity index (χ3n) is 1.96. The minimum absolute atomic E-state index is 0.0289. The Morgan fingerprint density at radius 1 is 1.50 bits per heavy atom. The van der Waals surface area contributed by atoms with E-state index < -0.39 is 9.73 Å². The highest BCUT2D eigenvalue weighted by atomic mass is 32.2. The molecular weight excluding hydrogens is 200 g/mol. The molecule has 0 radical (unpaired) electrons.